The van der Waals surface area contributed by atoms with Gasteiger partial charge in [0.25, 0.3) is 0 Å². The first-order chi connectivity index (χ1) is 7.80. The van der Waals surface area contributed by atoms with Gasteiger partial charge in [0.05, 0.1) is 30.8 Å². The third-order valence-electron chi connectivity index (χ3n) is 3.45. The molecule has 0 saturated carbocycles. The molecule has 4 nitrogen and oxygen atoms in total. The Morgan fingerprint density at radius 3 is 2.18 bits per heavy atom. The Morgan fingerprint density at radius 2 is 1.82 bits per heavy atom. The largest absolute Gasteiger partial charge is 0.469 e. The first-order valence-corrected chi connectivity index (χ1v) is 6.26. The summed E-state index contributed by atoms with van der Waals surface area (Å²) in [7, 11) is 1.37. The van der Waals surface area contributed by atoms with Crippen LogP contribution in [-0.2, 0) is 14.3 Å². The van der Waals surface area contributed by atoms with Crippen molar-refractivity contribution in [3.63, 3.8) is 0 Å². The van der Waals surface area contributed by atoms with Gasteiger partial charge in [0.15, 0.2) is 0 Å². The summed E-state index contributed by atoms with van der Waals surface area (Å²) in [5.74, 6) is -0.768. The van der Waals surface area contributed by atoms with Crippen molar-refractivity contribution in [2.45, 2.75) is 58.3 Å². The molecule has 4 heteroatoms. The highest BCUT2D eigenvalue weighted by atomic mass is 16.5. The first-order valence-electron chi connectivity index (χ1n) is 6.26. The maximum atomic E-state index is 11.8. The van der Waals surface area contributed by atoms with E-state index in [9.17, 15) is 9.90 Å². The average molecular weight is 244 g/mol. The number of carbonyl (C=O) groups is 1. The van der Waals surface area contributed by atoms with E-state index < -0.39 is 11.5 Å². The van der Waals surface area contributed by atoms with Crippen LogP contribution in [0.4, 0.5) is 0 Å². The molecule has 0 aliphatic carbocycles. The minimum Gasteiger partial charge on any atom is -0.469 e. The Kier molecular flexibility index (Phi) is 4.55. The predicted octanol–water partition coefficient (Wildman–Crippen LogP) is 1.75. The van der Waals surface area contributed by atoms with Gasteiger partial charge < -0.3 is 14.6 Å². The number of methoxy groups -OCH3 is 1. The molecule has 3 atom stereocenters. The Balaban J connectivity index is 2.94. The van der Waals surface area contributed by atoms with Crippen molar-refractivity contribution in [2.24, 2.45) is 11.8 Å². The summed E-state index contributed by atoms with van der Waals surface area (Å²) in [6, 6.07) is 0. The second-order valence-corrected chi connectivity index (χ2v) is 5.51. The van der Waals surface area contributed by atoms with Crippen LogP contribution in [0.2, 0.25) is 0 Å². The Labute approximate surface area is 103 Å². The molecule has 0 spiro atoms. The van der Waals surface area contributed by atoms with E-state index in [2.05, 4.69) is 0 Å². The molecule has 1 aliphatic rings. The molecule has 1 rings (SSSR count). The highest BCUT2D eigenvalue weighted by Crippen LogP contribution is 2.38. The maximum Gasteiger partial charge on any atom is 0.311 e. The fourth-order valence-corrected chi connectivity index (χ4v) is 3.06. The van der Waals surface area contributed by atoms with E-state index >= 15 is 0 Å². The summed E-state index contributed by atoms with van der Waals surface area (Å²) in [5, 5.41) is 10.8. The Morgan fingerprint density at radius 1 is 1.35 bits per heavy atom. The maximum absolute atomic E-state index is 11.8. The van der Waals surface area contributed by atoms with Crippen LogP contribution in [0, 0.1) is 11.8 Å². The average Bonchev–Trinajstić information content (AvgIpc) is 2.13. The van der Waals surface area contributed by atoms with Crippen LogP contribution in [0.25, 0.3) is 0 Å². The summed E-state index contributed by atoms with van der Waals surface area (Å²) in [6.07, 6.45) is 0.897. The van der Waals surface area contributed by atoms with Crippen LogP contribution in [0.1, 0.15) is 40.5 Å². The van der Waals surface area contributed by atoms with Crippen molar-refractivity contribution in [1.29, 1.82) is 0 Å². The molecule has 1 heterocycles. The predicted molar refractivity (Wildman–Crippen MR) is 64.5 cm³/mol. The zero-order valence-corrected chi connectivity index (χ0v) is 11.4. The van der Waals surface area contributed by atoms with Crippen LogP contribution in [0.5, 0.6) is 0 Å². The van der Waals surface area contributed by atoms with Crippen LogP contribution in [-0.4, -0.2) is 36.0 Å². The number of rotatable bonds is 3. The highest BCUT2D eigenvalue weighted by molar-refractivity contribution is 5.74. The van der Waals surface area contributed by atoms with E-state index in [1.807, 2.05) is 27.7 Å². The van der Waals surface area contributed by atoms with E-state index in [1.165, 1.54) is 7.11 Å². The van der Waals surface area contributed by atoms with Gasteiger partial charge in [0.2, 0.25) is 0 Å². The van der Waals surface area contributed by atoms with Crippen molar-refractivity contribution < 1.29 is 19.4 Å². The van der Waals surface area contributed by atoms with Crippen LogP contribution >= 0.6 is 0 Å². The van der Waals surface area contributed by atoms with Crippen LogP contribution in [0.15, 0.2) is 0 Å². The molecule has 0 radical (unpaired) electrons. The van der Waals surface area contributed by atoms with E-state index in [4.69, 9.17) is 9.47 Å². The van der Waals surface area contributed by atoms with Crippen molar-refractivity contribution >= 4 is 5.97 Å². The van der Waals surface area contributed by atoms with Gasteiger partial charge in [-0.3, -0.25) is 4.79 Å². The van der Waals surface area contributed by atoms with Crippen molar-refractivity contribution in [1.82, 2.24) is 0 Å². The quantitative estimate of drug-likeness (QED) is 0.768. The molecular formula is C13H24O4. The third kappa shape index (κ3) is 3.19. The summed E-state index contributed by atoms with van der Waals surface area (Å²) >= 11 is 0. The van der Waals surface area contributed by atoms with Crippen LogP contribution < -0.4 is 0 Å². The van der Waals surface area contributed by atoms with Gasteiger partial charge in [-0.05, 0) is 19.8 Å². The van der Waals surface area contributed by atoms with E-state index in [0.717, 1.165) is 0 Å². The van der Waals surface area contributed by atoms with E-state index in [1.54, 1.807) is 0 Å². The molecule has 0 bridgehead atoms. The topological polar surface area (TPSA) is 55.8 Å². The zero-order chi connectivity index (χ0) is 13.2. The van der Waals surface area contributed by atoms with Crippen molar-refractivity contribution in [3.05, 3.63) is 0 Å². The molecule has 100 valence electrons. The number of esters is 1. The second kappa shape index (κ2) is 5.36. The van der Waals surface area contributed by atoms with Crippen molar-refractivity contribution in [3.8, 4) is 0 Å². The third-order valence-corrected chi connectivity index (χ3v) is 3.45. The van der Waals surface area contributed by atoms with Gasteiger partial charge in [-0.2, -0.15) is 0 Å². The highest BCUT2D eigenvalue weighted by Gasteiger charge is 2.48. The standard InChI is InChI=1S/C13H24O4/c1-8(2)11(12(14)16-5)13(15)6-9(3)17-10(4)7-13/h8-11,15H,6-7H2,1-5H3. The molecule has 17 heavy (non-hydrogen) atoms. The number of carbonyl (C=O) groups excluding carboxylic acids is 1. The van der Waals surface area contributed by atoms with Gasteiger partial charge in [-0.15, -0.1) is 0 Å². The van der Waals surface area contributed by atoms with Gasteiger partial charge in [0.1, 0.15) is 0 Å². The summed E-state index contributed by atoms with van der Waals surface area (Å²) in [4.78, 5) is 11.8. The number of ether oxygens (including phenoxy) is 2. The molecule has 1 saturated heterocycles. The summed E-state index contributed by atoms with van der Waals surface area (Å²) in [6.45, 7) is 7.72. The number of hydrogen-bond acceptors (Lipinski definition) is 4. The normalized spacial score (nSPS) is 35.7. The molecule has 1 fully saturated rings. The fourth-order valence-electron chi connectivity index (χ4n) is 3.06. The van der Waals surface area contributed by atoms with Crippen LogP contribution in [0.3, 0.4) is 0 Å². The first kappa shape index (κ1) is 14.5. The molecule has 0 aromatic carbocycles. The Bertz CT molecular complexity index is 265. The number of hydrogen-bond donors (Lipinski definition) is 1. The van der Waals surface area contributed by atoms with Gasteiger partial charge >= 0.3 is 5.97 Å². The Hall–Kier alpha value is -0.610. The second-order valence-electron chi connectivity index (χ2n) is 5.51. The van der Waals surface area contributed by atoms with Gasteiger partial charge in [-0.1, -0.05) is 13.8 Å². The molecule has 3 unspecified atom stereocenters. The molecule has 0 aromatic heterocycles. The molecular weight excluding hydrogens is 220 g/mol. The lowest BCUT2D eigenvalue weighted by atomic mass is 9.72. The zero-order valence-electron chi connectivity index (χ0n) is 11.4. The minimum absolute atomic E-state index is 0.0327. The lowest BCUT2D eigenvalue weighted by Crippen LogP contribution is -2.53. The van der Waals surface area contributed by atoms with Gasteiger partial charge in [0, 0.05) is 12.8 Å². The number of aliphatic hydroxyl groups is 1. The minimum atomic E-state index is -1.02. The van der Waals surface area contributed by atoms with E-state index in [-0.39, 0.29) is 24.1 Å². The fraction of sp³-hybridized carbons (Fsp3) is 0.923. The van der Waals surface area contributed by atoms with E-state index in [0.29, 0.717) is 12.8 Å². The molecule has 0 amide bonds. The molecule has 1 aliphatic heterocycles. The smallest absolute Gasteiger partial charge is 0.311 e. The monoisotopic (exact) mass is 244 g/mol. The lowest BCUT2D eigenvalue weighted by Gasteiger charge is -2.44. The summed E-state index contributed by atoms with van der Waals surface area (Å²) < 4.78 is 10.4. The van der Waals surface area contributed by atoms with Crippen molar-refractivity contribution in [2.75, 3.05) is 7.11 Å². The summed E-state index contributed by atoms with van der Waals surface area (Å²) in [5.41, 5.74) is -1.02. The molecule has 0 aromatic rings. The van der Waals surface area contributed by atoms with Gasteiger partial charge in [-0.25, -0.2) is 0 Å². The molecule has 1 N–H and O–H groups in total. The SMILES string of the molecule is COC(=O)C(C(C)C)C1(O)CC(C)OC(C)C1. The lowest BCUT2D eigenvalue weighted by molar-refractivity contribution is -0.184.